The second-order valence-electron chi connectivity index (χ2n) is 9.89. The van der Waals surface area contributed by atoms with E-state index in [9.17, 15) is 9.59 Å². The van der Waals surface area contributed by atoms with Gasteiger partial charge in [0.2, 0.25) is 6.79 Å². The number of anilines is 1. The normalized spacial score (nSPS) is 25.0. The number of fused-ring (bicyclic) bond motifs is 5. The maximum absolute atomic E-state index is 13.1. The summed E-state index contributed by atoms with van der Waals surface area (Å²) in [6, 6.07) is 9.16. The van der Waals surface area contributed by atoms with Crippen LogP contribution in [0.2, 0.25) is 0 Å². The van der Waals surface area contributed by atoms with Crippen LogP contribution in [0.15, 0.2) is 35.1 Å². The van der Waals surface area contributed by atoms with Gasteiger partial charge in [0.05, 0.1) is 5.69 Å². The molecule has 2 atom stereocenters. The van der Waals surface area contributed by atoms with Crippen LogP contribution in [-0.4, -0.2) is 66.3 Å². The van der Waals surface area contributed by atoms with E-state index >= 15 is 0 Å². The van der Waals surface area contributed by atoms with Gasteiger partial charge in [-0.2, -0.15) is 0 Å². The molecule has 0 saturated carbocycles. The molecule has 6 rings (SSSR count). The van der Waals surface area contributed by atoms with Crippen molar-refractivity contribution in [2.75, 3.05) is 45.3 Å². The molecule has 1 amide bonds. The number of ether oxygens (including phenoxy) is 2. The Kier molecular flexibility index (Phi) is 5.14. The lowest BCUT2D eigenvalue weighted by atomic mass is 9.81. The van der Waals surface area contributed by atoms with Crippen molar-refractivity contribution in [1.29, 1.82) is 0 Å². The number of rotatable bonds is 3. The van der Waals surface area contributed by atoms with Crippen LogP contribution < -0.4 is 20.3 Å². The molecular formula is C25H30N4O4. The first kappa shape index (κ1) is 20.7. The van der Waals surface area contributed by atoms with Crippen molar-refractivity contribution in [2.45, 2.75) is 37.8 Å². The predicted molar refractivity (Wildman–Crippen MR) is 124 cm³/mol. The summed E-state index contributed by atoms with van der Waals surface area (Å²) in [5.41, 5.74) is 2.25. The minimum atomic E-state index is -0.208. The van der Waals surface area contributed by atoms with Crippen LogP contribution in [-0.2, 0) is 6.54 Å². The molecule has 4 aliphatic heterocycles. The van der Waals surface area contributed by atoms with Gasteiger partial charge in [-0.05, 0) is 69.6 Å². The first-order valence-electron chi connectivity index (χ1n) is 11.9. The predicted octanol–water partition coefficient (Wildman–Crippen LogP) is 2.34. The molecule has 8 nitrogen and oxygen atoms in total. The van der Waals surface area contributed by atoms with Gasteiger partial charge in [-0.15, -0.1) is 0 Å². The summed E-state index contributed by atoms with van der Waals surface area (Å²) in [6.07, 6.45) is 3.47. The summed E-state index contributed by atoms with van der Waals surface area (Å²) in [7, 11) is 2.19. The minimum absolute atomic E-state index is 0.0218. The monoisotopic (exact) mass is 450 g/mol. The standard InChI is InChI=1S/C25H30N4O4/c1-27-8-6-19(7-9-27)28-12-16-10-18(14-28)24-20(3-5-23(30)29(24)13-16)26-25(31)17-2-4-21-22(11-17)33-15-32-21/h2-5,11,16,18-19H,6-10,12-15H2,1H3,(H,26,31)/t16-,18-/m1/s1. The number of amides is 1. The largest absolute Gasteiger partial charge is 0.454 e. The molecule has 1 aromatic heterocycles. The molecular weight excluding hydrogens is 420 g/mol. The molecule has 33 heavy (non-hydrogen) atoms. The number of hydrogen-bond acceptors (Lipinski definition) is 6. The van der Waals surface area contributed by atoms with Crippen LogP contribution >= 0.6 is 0 Å². The summed E-state index contributed by atoms with van der Waals surface area (Å²) in [6.45, 7) is 5.19. The van der Waals surface area contributed by atoms with Gasteiger partial charge in [0.1, 0.15) is 0 Å². The van der Waals surface area contributed by atoms with Crippen molar-refractivity contribution in [2.24, 2.45) is 5.92 Å². The quantitative estimate of drug-likeness (QED) is 0.774. The molecule has 0 radical (unpaired) electrons. The molecule has 5 heterocycles. The van der Waals surface area contributed by atoms with E-state index in [1.807, 2.05) is 4.57 Å². The average Bonchev–Trinajstić information content (AvgIpc) is 3.29. The Bertz CT molecular complexity index is 1140. The van der Waals surface area contributed by atoms with Crippen LogP contribution in [0.1, 0.15) is 41.2 Å². The van der Waals surface area contributed by atoms with Crippen molar-refractivity contribution in [3.05, 3.63) is 51.9 Å². The summed E-state index contributed by atoms with van der Waals surface area (Å²) >= 11 is 0. The molecule has 1 aromatic carbocycles. The highest BCUT2D eigenvalue weighted by Gasteiger charge is 2.39. The molecule has 4 aliphatic rings. The molecule has 0 aliphatic carbocycles. The van der Waals surface area contributed by atoms with Crippen LogP contribution in [0.3, 0.4) is 0 Å². The first-order chi connectivity index (χ1) is 16.0. The van der Waals surface area contributed by atoms with Crippen molar-refractivity contribution < 1.29 is 14.3 Å². The van der Waals surface area contributed by atoms with E-state index in [1.54, 1.807) is 30.3 Å². The number of pyridine rings is 1. The molecule has 2 fully saturated rings. The fourth-order valence-corrected chi connectivity index (χ4v) is 6.05. The Hall–Kier alpha value is -2.84. The summed E-state index contributed by atoms with van der Waals surface area (Å²) in [5.74, 6) is 1.75. The molecule has 2 saturated heterocycles. The summed E-state index contributed by atoms with van der Waals surface area (Å²) < 4.78 is 12.7. The van der Waals surface area contributed by atoms with Crippen molar-refractivity contribution in [3.8, 4) is 11.5 Å². The van der Waals surface area contributed by atoms with E-state index in [2.05, 4.69) is 22.2 Å². The number of benzene rings is 1. The Morgan fingerprint density at radius 3 is 2.70 bits per heavy atom. The highest BCUT2D eigenvalue weighted by Crippen LogP contribution is 2.40. The van der Waals surface area contributed by atoms with E-state index in [0.717, 1.165) is 50.5 Å². The highest BCUT2D eigenvalue weighted by molar-refractivity contribution is 6.05. The zero-order valence-electron chi connectivity index (χ0n) is 19.0. The molecule has 2 aromatic rings. The van der Waals surface area contributed by atoms with Crippen molar-refractivity contribution in [1.82, 2.24) is 14.4 Å². The summed E-state index contributed by atoms with van der Waals surface area (Å²) in [5, 5.41) is 3.09. The zero-order valence-corrected chi connectivity index (χ0v) is 19.0. The van der Waals surface area contributed by atoms with Gasteiger partial charge in [-0.1, -0.05) is 0 Å². The molecule has 1 N–H and O–H groups in total. The van der Waals surface area contributed by atoms with Crippen molar-refractivity contribution in [3.63, 3.8) is 0 Å². The second-order valence-corrected chi connectivity index (χ2v) is 9.89. The van der Waals surface area contributed by atoms with E-state index in [1.165, 1.54) is 12.8 Å². The van der Waals surface area contributed by atoms with E-state index in [-0.39, 0.29) is 24.2 Å². The fourth-order valence-electron chi connectivity index (χ4n) is 6.05. The SMILES string of the molecule is CN1CCC(N2C[C@H]3C[C@H](C2)c2c(NC(=O)c4ccc5c(c4)OCO5)ccc(=O)n2C3)CC1. The third-order valence-electron chi connectivity index (χ3n) is 7.71. The lowest BCUT2D eigenvalue weighted by Gasteiger charge is -2.47. The Morgan fingerprint density at radius 2 is 1.85 bits per heavy atom. The topological polar surface area (TPSA) is 76.0 Å². The van der Waals surface area contributed by atoms with Gasteiger partial charge in [0.15, 0.2) is 11.5 Å². The van der Waals surface area contributed by atoms with Gasteiger partial charge in [-0.25, -0.2) is 0 Å². The summed E-state index contributed by atoms with van der Waals surface area (Å²) in [4.78, 5) is 30.9. The van der Waals surface area contributed by atoms with Gasteiger partial charge in [-0.3, -0.25) is 14.5 Å². The van der Waals surface area contributed by atoms with Crippen molar-refractivity contribution >= 4 is 11.6 Å². The van der Waals surface area contributed by atoms with Gasteiger partial charge in [0.25, 0.3) is 11.5 Å². The van der Waals surface area contributed by atoms with Gasteiger partial charge >= 0.3 is 0 Å². The number of nitrogens with one attached hydrogen (secondary N) is 1. The Morgan fingerprint density at radius 1 is 1.03 bits per heavy atom. The number of aromatic nitrogens is 1. The lowest BCUT2D eigenvalue weighted by Crippen LogP contribution is -2.53. The van der Waals surface area contributed by atoms with Crippen LogP contribution in [0.5, 0.6) is 11.5 Å². The molecule has 8 heteroatoms. The maximum Gasteiger partial charge on any atom is 0.255 e. The van der Waals surface area contributed by atoms with E-state index in [0.29, 0.717) is 29.0 Å². The third kappa shape index (κ3) is 3.81. The first-order valence-corrected chi connectivity index (χ1v) is 11.9. The van der Waals surface area contributed by atoms with E-state index < -0.39 is 0 Å². The van der Waals surface area contributed by atoms with Crippen LogP contribution in [0.25, 0.3) is 0 Å². The van der Waals surface area contributed by atoms with Gasteiger partial charge < -0.3 is 24.3 Å². The smallest absolute Gasteiger partial charge is 0.255 e. The maximum atomic E-state index is 13.1. The Balaban J connectivity index is 1.27. The van der Waals surface area contributed by atoms with Gasteiger partial charge in [0, 0.05) is 48.9 Å². The number of nitrogens with zero attached hydrogens (tertiary/aromatic N) is 3. The number of hydrogen-bond donors (Lipinski definition) is 1. The highest BCUT2D eigenvalue weighted by atomic mass is 16.7. The van der Waals surface area contributed by atoms with E-state index in [4.69, 9.17) is 9.47 Å². The number of carbonyl (C=O) groups is 1. The zero-order chi connectivity index (χ0) is 22.5. The number of likely N-dealkylation sites (tertiary alicyclic amines) is 2. The third-order valence-corrected chi connectivity index (χ3v) is 7.71. The number of carbonyl (C=O) groups excluding carboxylic acids is 1. The molecule has 0 spiro atoms. The average molecular weight is 451 g/mol. The van der Waals surface area contributed by atoms with Crippen LogP contribution in [0.4, 0.5) is 5.69 Å². The molecule has 174 valence electrons. The number of piperidine rings is 2. The Labute approximate surface area is 193 Å². The lowest BCUT2D eigenvalue weighted by molar-refractivity contribution is 0.0519. The molecule has 0 unspecified atom stereocenters. The molecule has 2 bridgehead atoms. The minimum Gasteiger partial charge on any atom is -0.454 e. The van der Waals surface area contributed by atoms with Crippen LogP contribution in [0, 0.1) is 5.92 Å². The second kappa shape index (κ2) is 8.18. The fraction of sp³-hybridized carbons (Fsp3) is 0.520.